The van der Waals surface area contributed by atoms with Crippen LogP contribution in [0.4, 0.5) is 4.39 Å². The second kappa shape index (κ2) is 5.75. The van der Waals surface area contributed by atoms with Crippen molar-refractivity contribution in [3.8, 4) is 0 Å². The van der Waals surface area contributed by atoms with Crippen molar-refractivity contribution >= 4 is 17.5 Å². The fourth-order valence-electron chi connectivity index (χ4n) is 1.61. The van der Waals surface area contributed by atoms with Crippen LogP contribution in [0.1, 0.15) is 21.6 Å². The van der Waals surface area contributed by atoms with Gasteiger partial charge in [0.25, 0.3) is 5.91 Å². The largest absolute Gasteiger partial charge is 0.348 e. The van der Waals surface area contributed by atoms with E-state index < -0.39 is 5.82 Å². The Kier molecular flexibility index (Phi) is 4.06. The molecule has 1 heterocycles. The first-order chi connectivity index (χ1) is 9.09. The summed E-state index contributed by atoms with van der Waals surface area (Å²) in [7, 11) is 0. The number of hydrogen-bond donors (Lipinski definition) is 1. The Hall–Kier alpha value is -2.01. The lowest BCUT2D eigenvalue weighted by Crippen LogP contribution is -2.24. The van der Waals surface area contributed by atoms with Crippen LogP contribution in [0.25, 0.3) is 0 Å². The highest BCUT2D eigenvalue weighted by Crippen LogP contribution is 2.18. The predicted molar refractivity (Wildman–Crippen MR) is 69.3 cm³/mol. The Labute approximate surface area is 114 Å². The summed E-state index contributed by atoms with van der Waals surface area (Å²) < 4.78 is 13.5. The normalized spacial score (nSPS) is 10.3. The Morgan fingerprint density at radius 1 is 1.42 bits per heavy atom. The molecule has 0 aliphatic rings. The van der Waals surface area contributed by atoms with Crippen LogP contribution in [-0.2, 0) is 6.54 Å². The molecule has 0 fully saturated rings. The number of nitrogens with one attached hydrogen (secondary N) is 1. The monoisotopic (exact) mass is 279 g/mol. The van der Waals surface area contributed by atoms with E-state index in [-0.39, 0.29) is 23.0 Å². The number of aryl methyl sites for hydroxylation is 1. The van der Waals surface area contributed by atoms with Gasteiger partial charge in [0.15, 0.2) is 0 Å². The van der Waals surface area contributed by atoms with Gasteiger partial charge in [-0.25, -0.2) is 4.39 Å². The Balaban J connectivity index is 2.11. The average molecular weight is 280 g/mol. The van der Waals surface area contributed by atoms with Crippen LogP contribution in [0.2, 0.25) is 5.02 Å². The molecule has 0 aliphatic heterocycles. The molecule has 0 atom stereocenters. The molecule has 0 aliphatic carbocycles. The SMILES string of the molecule is Cc1nnccc1C(=O)NCc1c(F)cccc1Cl. The van der Waals surface area contributed by atoms with Crippen molar-refractivity contribution < 1.29 is 9.18 Å². The van der Waals surface area contributed by atoms with Gasteiger partial charge in [-0.15, -0.1) is 0 Å². The molecule has 1 N–H and O–H groups in total. The van der Waals surface area contributed by atoms with Gasteiger partial charge in [0.1, 0.15) is 5.82 Å². The van der Waals surface area contributed by atoms with Gasteiger partial charge in [-0.2, -0.15) is 10.2 Å². The number of benzene rings is 1. The van der Waals surface area contributed by atoms with Gasteiger partial charge >= 0.3 is 0 Å². The second-order valence-corrected chi connectivity index (χ2v) is 4.32. The van der Waals surface area contributed by atoms with Crippen LogP contribution in [0.15, 0.2) is 30.5 Å². The molecular formula is C13H11ClFN3O. The molecule has 98 valence electrons. The number of aromatic nitrogens is 2. The van der Waals surface area contributed by atoms with E-state index >= 15 is 0 Å². The molecule has 0 spiro atoms. The van der Waals surface area contributed by atoms with E-state index in [1.807, 2.05) is 0 Å². The highest BCUT2D eigenvalue weighted by atomic mass is 35.5. The number of carbonyl (C=O) groups is 1. The Bertz CT molecular complexity index is 598. The molecule has 0 saturated carbocycles. The lowest BCUT2D eigenvalue weighted by molar-refractivity contribution is 0.0949. The minimum Gasteiger partial charge on any atom is -0.348 e. The van der Waals surface area contributed by atoms with Gasteiger partial charge < -0.3 is 5.32 Å². The summed E-state index contributed by atoms with van der Waals surface area (Å²) >= 11 is 5.88. The first kappa shape index (κ1) is 13.4. The molecular weight excluding hydrogens is 269 g/mol. The van der Waals surface area contributed by atoms with E-state index in [1.54, 1.807) is 19.1 Å². The summed E-state index contributed by atoms with van der Waals surface area (Å²) in [6, 6.07) is 5.94. The van der Waals surface area contributed by atoms with Crippen LogP contribution in [-0.4, -0.2) is 16.1 Å². The summed E-state index contributed by atoms with van der Waals surface area (Å²) in [5, 5.41) is 10.3. The van der Waals surface area contributed by atoms with Crippen LogP contribution in [0.5, 0.6) is 0 Å². The lowest BCUT2D eigenvalue weighted by atomic mass is 10.2. The molecule has 6 heteroatoms. The highest BCUT2D eigenvalue weighted by molar-refractivity contribution is 6.31. The van der Waals surface area contributed by atoms with E-state index in [0.717, 1.165) is 0 Å². The van der Waals surface area contributed by atoms with Crippen LogP contribution in [0, 0.1) is 12.7 Å². The van der Waals surface area contributed by atoms with Crippen molar-refractivity contribution in [3.63, 3.8) is 0 Å². The van der Waals surface area contributed by atoms with Crippen LogP contribution in [0.3, 0.4) is 0 Å². The zero-order valence-corrected chi connectivity index (χ0v) is 10.9. The maximum Gasteiger partial charge on any atom is 0.253 e. The van der Waals surface area contributed by atoms with E-state index in [9.17, 15) is 9.18 Å². The molecule has 4 nitrogen and oxygen atoms in total. The number of amides is 1. The van der Waals surface area contributed by atoms with Gasteiger partial charge in [0.05, 0.1) is 17.5 Å². The summed E-state index contributed by atoms with van der Waals surface area (Å²) in [6.07, 6.45) is 1.43. The Morgan fingerprint density at radius 3 is 2.89 bits per heavy atom. The van der Waals surface area contributed by atoms with Crippen LogP contribution < -0.4 is 5.32 Å². The fraction of sp³-hybridized carbons (Fsp3) is 0.154. The third-order valence-corrected chi connectivity index (χ3v) is 2.99. The molecule has 0 bridgehead atoms. The summed E-state index contributed by atoms with van der Waals surface area (Å²) in [5.74, 6) is -0.788. The topological polar surface area (TPSA) is 54.9 Å². The molecule has 19 heavy (non-hydrogen) atoms. The number of hydrogen-bond acceptors (Lipinski definition) is 3. The third-order valence-electron chi connectivity index (χ3n) is 2.64. The van der Waals surface area contributed by atoms with Crippen LogP contribution >= 0.6 is 11.6 Å². The van der Waals surface area contributed by atoms with E-state index in [2.05, 4.69) is 15.5 Å². The summed E-state index contributed by atoms with van der Waals surface area (Å²) in [5.41, 5.74) is 1.18. The second-order valence-electron chi connectivity index (χ2n) is 3.91. The van der Waals surface area contributed by atoms with Crippen molar-refractivity contribution in [1.82, 2.24) is 15.5 Å². The molecule has 1 aromatic heterocycles. The molecule has 2 aromatic rings. The number of rotatable bonds is 3. The lowest BCUT2D eigenvalue weighted by Gasteiger charge is -2.08. The first-order valence-corrected chi connectivity index (χ1v) is 5.96. The maximum absolute atomic E-state index is 13.5. The molecule has 1 aromatic carbocycles. The maximum atomic E-state index is 13.5. The van der Waals surface area contributed by atoms with Gasteiger partial charge in [-0.1, -0.05) is 17.7 Å². The highest BCUT2D eigenvalue weighted by Gasteiger charge is 2.12. The Morgan fingerprint density at radius 2 is 2.21 bits per heavy atom. The first-order valence-electron chi connectivity index (χ1n) is 5.59. The van der Waals surface area contributed by atoms with Gasteiger partial charge in [-0.05, 0) is 25.1 Å². The van der Waals surface area contributed by atoms with Gasteiger partial charge in [0.2, 0.25) is 0 Å². The number of halogens is 2. The summed E-state index contributed by atoms with van der Waals surface area (Å²) in [6.45, 7) is 1.70. The molecule has 0 unspecified atom stereocenters. The van der Waals surface area contributed by atoms with Crippen molar-refractivity contribution in [1.29, 1.82) is 0 Å². The zero-order chi connectivity index (χ0) is 13.8. The minimum atomic E-state index is -0.447. The smallest absolute Gasteiger partial charge is 0.253 e. The van der Waals surface area contributed by atoms with Crippen molar-refractivity contribution in [2.24, 2.45) is 0 Å². The quantitative estimate of drug-likeness (QED) is 0.939. The number of carbonyl (C=O) groups excluding carboxylic acids is 1. The molecule has 1 amide bonds. The van der Waals surface area contributed by atoms with Gasteiger partial charge in [0, 0.05) is 17.1 Å². The van der Waals surface area contributed by atoms with E-state index in [4.69, 9.17) is 11.6 Å². The standard InChI is InChI=1S/C13H11ClFN3O/c1-8-9(5-6-17-18-8)13(19)16-7-10-11(14)3-2-4-12(10)15/h2-6H,7H2,1H3,(H,16,19). The summed E-state index contributed by atoms with van der Waals surface area (Å²) in [4.78, 5) is 11.9. The fourth-order valence-corrected chi connectivity index (χ4v) is 1.84. The van der Waals surface area contributed by atoms with E-state index in [0.29, 0.717) is 11.3 Å². The van der Waals surface area contributed by atoms with Gasteiger partial charge in [-0.3, -0.25) is 4.79 Å². The zero-order valence-electron chi connectivity index (χ0n) is 10.2. The number of nitrogens with zero attached hydrogens (tertiary/aromatic N) is 2. The molecule has 0 radical (unpaired) electrons. The van der Waals surface area contributed by atoms with Crippen molar-refractivity contribution in [3.05, 3.63) is 58.1 Å². The van der Waals surface area contributed by atoms with Crippen molar-refractivity contribution in [2.45, 2.75) is 13.5 Å². The average Bonchev–Trinajstić information content (AvgIpc) is 2.38. The molecule has 2 rings (SSSR count). The predicted octanol–water partition coefficient (Wildman–Crippen LogP) is 2.51. The minimum absolute atomic E-state index is 0.0199. The third kappa shape index (κ3) is 3.06. The molecule has 0 saturated heterocycles. The van der Waals surface area contributed by atoms with E-state index in [1.165, 1.54) is 18.3 Å². The van der Waals surface area contributed by atoms with Crippen molar-refractivity contribution in [2.75, 3.05) is 0 Å².